The molecule has 0 unspecified atom stereocenters. The van der Waals surface area contributed by atoms with E-state index in [1.54, 1.807) is 0 Å². The van der Waals surface area contributed by atoms with Gasteiger partial charge in [0.15, 0.2) is 0 Å². The highest BCUT2D eigenvalue weighted by atomic mass is 35.5. The van der Waals surface area contributed by atoms with Crippen LogP contribution in [0.25, 0.3) is 0 Å². The van der Waals surface area contributed by atoms with Crippen molar-refractivity contribution >= 4 is 21.6 Å². The van der Waals surface area contributed by atoms with Gasteiger partial charge in [-0.15, -0.1) is 0 Å². The monoisotopic (exact) mass is 294 g/mol. The van der Waals surface area contributed by atoms with E-state index >= 15 is 0 Å². The van der Waals surface area contributed by atoms with Crippen LogP contribution in [0.2, 0.25) is 5.15 Å². The van der Waals surface area contributed by atoms with Crippen LogP contribution >= 0.6 is 11.6 Å². The molecule has 0 amide bonds. The van der Waals surface area contributed by atoms with E-state index < -0.39 is 10.0 Å². The van der Waals surface area contributed by atoms with Crippen LogP contribution in [0.1, 0.15) is 0 Å². The Morgan fingerprint density at radius 1 is 1.50 bits per heavy atom. The number of hydrogen-bond donors (Lipinski definition) is 1. The minimum Gasteiger partial charge on any atom is -0.394 e. The van der Waals surface area contributed by atoms with Gasteiger partial charge < -0.3 is 9.84 Å². The molecule has 0 saturated carbocycles. The van der Waals surface area contributed by atoms with Crippen LogP contribution in [-0.4, -0.2) is 56.2 Å². The SMILES string of the molecule is CN(CCOCCO)S(=O)(=O)c1ccnc(Cl)c1. The lowest BCUT2D eigenvalue weighted by atomic mass is 10.5. The average Bonchev–Trinajstić information content (AvgIpc) is 2.34. The summed E-state index contributed by atoms with van der Waals surface area (Å²) in [5, 5.41) is 8.65. The van der Waals surface area contributed by atoms with Gasteiger partial charge in [0.2, 0.25) is 10.0 Å². The van der Waals surface area contributed by atoms with Gasteiger partial charge in [-0.25, -0.2) is 13.4 Å². The fraction of sp³-hybridized carbons (Fsp3) is 0.500. The first-order valence-electron chi connectivity index (χ1n) is 5.25. The number of rotatable bonds is 7. The number of aliphatic hydroxyl groups is 1. The zero-order valence-electron chi connectivity index (χ0n) is 9.91. The van der Waals surface area contributed by atoms with E-state index in [0.717, 1.165) is 4.31 Å². The highest BCUT2D eigenvalue weighted by Crippen LogP contribution is 2.16. The highest BCUT2D eigenvalue weighted by molar-refractivity contribution is 7.89. The number of aliphatic hydroxyl groups excluding tert-OH is 1. The van der Waals surface area contributed by atoms with Crippen molar-refractivity contribution in [2.45, 2.75) is 4.90 Å². The Hall–Kier alpha value is -0.730. The number of ether oxygens (including phenoxy) is 1. The topological polar surface area (TPSA) is 79.7 Å². The number of sulfonamides is 1. The summed E-state index contributed by atoms with van der Waals surface area (Å²) in [4.78, 5) is 3.82. The van der Waals surface area contributed by atoms with Crippen LogP contribution < -0.4 is 0 Å². The van der Waals surface area contributed by atoms with Crippen molar-refractivity contribution in [2.75, 3.05) is 33.4 Å². The van der Waals surface area contributed by atoms with Crippen molar-refractivity contribution in [3.05, 3.63) is 23.5 Å². The summed E-state index contributed by atoms with van der Waals surface area (Å²) in [6, 6.07) is 2.67. The van der Waals surface area contributed by atoms with E-state index in [9.17, 15) is 8.42 Å². The molecule has 102 valence electrons. The molecule has 1 rings (SSSR count). The summed E-state index contributed by atoms with van der Waals surface area (Å²) >= 11 is 5.65. The third-order valence-electron chi connectivity index (χ3n) is 2.19. The molecule has 0 spiro atoms. The molecule has 6 nitrogen and oxygen atoms in total. The van der Waals surface area contributed by atoms with Gasteiger partial charge in [0.25, 0.3) is 0 Å². The molecule has 0 bridgehead atoms. The Bertz CT molecular complexity index is 481. The van der Waals surface area contributed by atoms with Crippen molar-refractivity contribution in [1.82, 2.24) is 9.29 Å². The largest absolute Gasteiger partial charge is 0.394 e. The quantitative estimate of drug-likeness (QED) is 0.580. The molecule has 0 radical (unpaired) electrons. The predicted octanol–water partition coefficient (Wildman–Crippen LogP) is 0.364. The second-order valence-electron chi connectivity index (χ2n) is 3.48. The summed E-state index contributed by atoms with van der Waals surface area (Å²) in [6.45, 7) is 0.517. The van der Waals surface area contributed by atoms with E-state index in [-0.39, 0.29) is 36.4 Å². The van der Waals surface area contributed by atoms with Gasteiger partial charge in [0.05, 0.1) is 24.7 Å². The summed E-state index contributed by atoms with van der Waals surface area (Å²) in [5.74, 6) is 0. The van der Waals surface area contributed by atoms with E-state index in [1.165, 1.54) is 25.4 Å². The van der Waals surface area contributed by atoms with Crippen molar-refractivity contribution < 1.29 is 18.3 Å². The number of likely N-dealkylation sites (N-methyl/N-ethyl adjacent to an activating group) is 1. The van der Waals surface area contributed by atoms with Gasteiger partial charge in [-0.2, -0.15) is 4.31 Å². The number of hydrogen-bond acceptors (Lipinski definition) is 5. The molecule has 0 saturated heterocycles. The first-order chi connectivity index (χ1) is 8.48. The van der Waals surface area contributed by atoms with Gasteiger partial charge in [0.1, 0.15) is 5.15 Å². The van der Waals surface area contributed by atoms with Crippen LogP contribution in [0.3, 0.4) is 0 Å². The number of aromatic nitrogens is 1. The van der Waals surface area contributed by atoms with Crippen LogP contribution in [0.15, 0.2) is 23.2 Å². The Labute approximate surface area is 111 Å². The second-order valence-corrected chi connectivity index (χ2v) is 5.91. The first kappa shape index (κ1) is 15.3. The molecule has 1 heterocycles. The minimum atomic E-state index is -3.58. The Balaban J connectivity index is 2.68. The standard InChI is InChI=1S/C10H15ClN2O4S/c1-13(4-6-17-7-5-14)18(15,16)9-2-3-12-10(11)8-9/h2-3,8,14H,4-7H2,1H3. The Kier molecular flexibility index (Phi) is 5.97. The van der Waals surface area contributed by atoms with Gasteiger partial charge in [0, 0.05) is 19.8 Å². The summed E-state index contributed by atoms with van der Waals surface area (Å²) in [7, 11) is -2.13. The molecule has 1 N–H and O–H groups in total. The molecule has 0 atom stereocenters. The van der Waals surface area contributed by atoms with Gasteiger partial charge in [-0.05, 0) is 12.1 Å². The van der Waals surface area contributed by atoms with E-state index in [4.69, 9.17) is 21.4 Å². The molecule has 1 aromatic heterocycles. The molecule has 0 fully saturated rings. The zero-order valence-corrected chi connectivity index (χ0v) is 11.5. The molecule has 0 aliphatic rings. The molecule has 18 heavy (non-hydrogen) atoms. The maximum Gasteiger partial charge on any atom is 0.243 e. The minimum absolute atomic E-state index is 0.0869. The Morgan fingerprint density at radius 2 is 2.22 bits per heavy atom. The molecule has 0 aliphatic heterocycles. The van der Waals surface area contributed by atoms with E-state index in [2.05, 4.69) is 4.98 Å². The van der Waals surface area contributed by atoms with Crippen molar-refractivity contribution in [1.29, 1.82) is 0 Å². The average molecular weight is 295 g/mol. The molecule has 0 aliphatic carbocycles. The normalized spacial score (nSPS) is 12.0. The molecule has 0 aromatic carbocycles. The van der Waals surface area contributed by atoms with Crippen LogP contribution in [0, 0.1) is 0 Å². The number of halogens is 1. The smallest absolute Gasteiger partial charge is 0.243 e. The fourth-order valence-corrected chi connectivity index (χ4v) is 2.61. The second kappa shape index (κ2) is 7.01. The lowest BCUT2D eigenvalue weighted by Gasteiger charge is -2.17. The molecular formula is C10H15ClN2O4S. The highest BCUT2D eigenvalue weighted by Gasteiger charge is 2.20. The van der Waals surface area contributed by atoms with Crippen LogP contribution in [0.5, 0.6) is 0 Å². The zero-order chi connectivity index (χ0) is 13.6. The van der Waals surface area contributed by atoms with Gasteiger partial charge in [-0.1, -0.05) is 11.6 Å². The summed E-state index contributed by atoms with van der Waals surface area (Å²) < 4.78 is 30.3. The molecule has 8 heteroatoms. The maximum atomic E-state index is 12.1. The van der Waals surface area contributed by atoms with Crippen LogP contribution in [-0.2, 0) is 14.8 Å². The van der Waals surface area contributed by atoms with Crippen LogP contribution in [0.4, 0.5) is 0 Å². The van der Waals surface area contributed by atoms with Crippen molar-refractivity contribution in [2.24, 2.45) is 0 Å². The fourth-order valence-electron chi connectivity index (χ4n) is 1.20. The number of nitrogens with zero attached hydrogens (tertiary/aromatic N) is 2. The third-order valence-corrected chi connectivity index (χ3v) is 4.25. The van der Waals surface area contributed by atoms with E-state index in [0.29, 0.717) is 0 Å². The Morgan fingerprint density at radius 3 is 2.83 bits per heavy atom. The van der Waals surface area contributed by atoms with Crippen molar-refractivity contribution in [3.8, 4) is 0 Å². The maximum absolute atomic E-state index is 12.1. The third kappa shape index (κ3) is 4.18. The van der Waals surface area contributed by atoms with Crippen molar-refractivity contribution in [3.63, 3.8) is 0 Å². The molecular weight excluding hydrogens is 280 g/mol. The first-order valence-corrected chi connectivity index (χ1v) is 7.07. The number of pyridine rings is 1. The lowest BCUT2D eigenvalue weighted by Crippen LogP contribution is -2.30. The van der Waals surface area contributed by atoms with Gasteiger partial charge >= 0.3 is 0 Å². The van der Waals surface area contributed by atoms with Gasteiger partial charge in [-0.3, -0.25) is 0 Å². The summed E-state index contributed by atoms with van der Waals surface area (Å²) in [6.07, 6.45) is 1.34. The summed E-state index contributed by atoms with van der Waals surface area (Å²) in [5.41, 5.74) is 0. The van der Waals surface area contributed by atoms with E-state index in [1.807, 2.05) is 0 Å². The lowest BCUT2D eigenvalue weighted by molar-refractivity contribution is 0.0876. The molecule has 1 aromatic rings. The predicted molar refractivity (Wildman–Crippen MR) is 67.0 cm³/mol.